The average Bonchev–Trinajstić information content (AvgIpc) is 1.41. The van der Waals surface area contributed by atoms with E-state index in [0.717, 1.165) is 6.42 Å². The van der Waals surface area contributed by atoms with E-state index in [1.54, 1.807) is 0 Å². The van der Waals surface area contributed by atoms with Gasteiger partial charge in [-0.3, -0.25) is 0 Å². The van der Waals surface area contributed by atoms with Crippen molar-refractivity contribution in [2.75, 3.05) is 0 Å². The molecule has 0 atom stereocenters. The first-order valence-electron chi connectivity index (χ1n) is 2.21. The van der Waals surface area contributed by atoms with E-state index in [9.17, 15) is 0 Å². The van der Waals surface area contributed by atoms with E-state index in [0.29, 0.717) is 0 Å². The zero-order valence-corrected chi connectivity index (χ0v) is 5.41. The quantitative estimate of drug-likeness (QED) is 0.289. The summed E-state index contributed by atoms with van der Waals surface area (Å²) in [6.45, 7) is 5.85. The van der Waals surface area contributed by atoms with Gasteiger partial charge in [0.15, 0.2) is 0 Å². The standard InChI is InChI=1S/C5H11.B.Li/c1-3-5-4-2;;/h1,3-5H2,2H3;;/q-1;;+1. The van der Waals surface area contributed by atoms with E-state index < -0.39 is 0 Å². The molecule has 0 saturated heterocycles. The number of unbranched alkanes of at least 4 members (excludes halogenated alkanes) is 2. The van der Waals surface area contributed by atoms with Crippen molar-refractivity contribution in [1.29, 1.82) is 0 Å². The monoisotopic (exact) mass is 89.1 g/mol. The van der Waals surface area contributed by atoms with Gasteiger partial charge in [-0.1, -0.05) is 19.8 Å². The summed E-state index contributed by atoms with van der Waals surface area (Å²) in [5, 5.41) is 0. The molecule has 0 aliphatic rings. The molecule has 0 aromatic carbocycles. The molecule has 0 aromatic rings. The first-order valence-corrected chi connectivity index (χ1v) is 2.21. The molecule has 0 amide bonds. The van der Waals surface area contributed by atoms with Crippen LogP contribution in [0.1, 0.15) is 26.2 Å². The van der Waals surface area contributed by atoms with Crippen LogP contribution in [0.4, 0.5) is 0 Å². The first kappa shape index (κ1) is 15.6. The van der Waals surface area contributed by atoms with Crippen molar-refractivity contribution in [2.45, 2.75) is 26.2 Å². The number of hydrogen-bond donors (Lipinski definition) is 0. The van der Waals surface area contributed by atoms with E-state index in [4.69, 9.17) is 0 Å². The maximum absolute atomic E-state index is 3.68. The van der Waals surface area contributed by atoms with E-state index in [1.165, 1.54) is 12.8 Å². The molecule has 0 spiro atoms. The van der Waals surface area contributed by atoms with Gasteiger partial charge in [0.1, 0.15) is 0 Å². The fraction of sp³-hybridized carbons (Fsp3) is 0.800. The Balaban J connectivity index is -0.0000000800. The third kappa shape index (κ3) is 20.4. The number of rotatable bonds is 2. The van der Waals surface area contributed by atoms with Crippen molar-refractivity contribution >= 4 is 8.41 Å². The van der Waals surface area contributed by atoms with Crippen molar-refractivity contribution in [3.8, 4) is 0 Å². The van der Waals surface area contributed by atoms with Crippen LogP contribution in [-0.2, 0) is 0 Å². The van der Waals surface area contributed by atoms with Crippen molar-refractivity contribution in [3.05, 3.63) is 6.92 Å². The van der Waals surface area contributed by atoms with Gasteiger partial charge >= 0.3 is 18.9 Å². The van der Waals surface area contributed by atoms with Crippen molar-refractivity contribution < 1.29 is 18.9 Å². The van der Waals surface area contributed by atoms with Gasteiger partial charge in [0.05, 0.1) is 0 Å². The Labute approximate surface area is 60.8 Å². The van der Waals surface area contributed by atoms with E-state index in [1.807, 2.05) is 0 Å². The summed E-state index contributed by atoms with van der Waals surface area (Å²) in [7, 11) is 0. The summed E-state index contributed by atoms with van der Waals surface area (Å²) in [4.78, 5) is 0. The largest absolute Gasteiger partial charge is 1.00 e. The van der Waals surface area contributed by atoms with Crippen LogP contribution < -0.4 is 18.9 Å². The number of hydrogen-bond acceptors (Lipinski definition) is 0. The maximum atomic E-state index is 3.68. The van der Waals surface area contributed by atoms with Gasteiger partial charge in [0.2, 0.25) is 0 Å². The van der Waals surface area contributed by atoms with Crippen LogP contribution in [0.2, 0.25) is 0 Å². The zero-order chi connectivity index (χ0) is 4.12. The van der Waals surface area contributed by atoms with Crippen molar-refractivity contribution in [3.63, 3.8) is 0 Å². The van der Waals surface area contributed by atoms with Crippen molar-refractivity contribution in [2.24, 2.45) is 0 Å². The second-order valence-electron chi connectivity index (χ2n) is 1.21. The Kier molecular flexibility index (Phi) is 35.6. The Morgan fingerprint density at radius 1 is 1.43 bits per heavy atom. The molecule has 0 aliphatic heterocycles. The smallest absolute Gasteiger partial charge is 0.343 e. The molecule has 0 aliphatic carbocycles. The van der Waals surface area contributed by atoms with Crippen molar-refractivity contribution in [1.82, 2.24) is 0 Å². The minimum atomic E-state index is 0. The predicted molar refractivity (Wildman–Crippen MR) is 30.6 cm³/mol. The van der Waals surface area contributed by atoms with E-state index in [-0.39, 0.29) is 27.3 Å². The Morgan fingerprint density at radius 2 is 1.86 bits per heavy atom. The maximum Gasteiger partial charge on any atom is 1.00 e. The molecule has 0 bridgehead atoms. The minimum absolute atomic E-state index is 0. The van der Waals surface area contributed by atoms with E-state index in [2.05, 4.69) is 13.8 Å². The normalized spacial score (nSPS) is 6.00. The Hall–Kier alpha value is 0.662. The molecule has 0 unspecified atom stereocenters. The summed E-state index contributed by atoms with van der Waals surface area (Å²) in [5.41, 5.74) is 0. The molecule has 0 rings (SSSR count). The Morgan fingerprint density at radius 3 is 1.86 bits per heavy atom. The second-order valence-corrected chi connectivity index (χ2v) is 1.21. The predicted octanol–water partition coefficient (Wildman–Crippen LogP) is -1.37. The molecule has 7 heavy (non-hydrogen) atoms. The molecule has 3 radical (unpaired) electrons. The third-order valence-corrected chi connectivity index (χ3v) is 0.604. The third-order valence-electron chi connectivity index (χ3n) is 0.604. The van der Waals surface area contributed by atoms with Crippen LogP contribution >= 0.6 is 0 Å². The molecule has 2 heteroatoms. The zero-order valence-electron chi connectivity index (χ0n) is 5.41. The minimum Gasteiger partial charge on any atom is -0.343 e. The van der Waals surface area contributed by atoms with Crippen LogP contribution in [0.25, 0.3) is 0 Å². The summed E-state index contributed by atoms with van der Waals surface area (Å²) in [5.74, 6) is 0. The first-order chi connectivity index (χ1) is 2.41. The summed E-state index contributed by atoms with van der Waals surface area (Å²) < 4.78 is 0. The molecule has 35 valence electrons. The van der Waals surface area contributed by atoms with Gasteiger partial charge < -0.3 is 6.92 Å². The summed E-state index contributed by atoms with van der Waals surface area (Å²) >= 11 is 0. The fourth-order valence-corrected chi connectivity index (χ4v) is 0.250. The molecule has 0 nitrogen and oxygen atoms in total. The van der Waals surface area contributed by atoms with Crippen LogP contribution in [0.15, 0.2) is 0 Å². The summed E-state index contributed by atoms with van der Waals surface area (Å²) in [6, 6.07) is 0. The average molecular weight is 88.9 g/mol. The summed E-state index contributed by atoms with van der Waals surface area (Å²) in [6.07, 6.45) is 3.65. The molecule has 0 N–H and O–H groups in total. The van der Waals surface area contributed by atoms with Gasteiger partial charge in [-0.2, -0.15) is 6.42 Å². The molecule has 0 heterocycles. The SMILES string of the molecule is [B].[CH2-]CCCC.[Li+]. The van der Waals surface area contributed by atoms with Gasteiger partial charge in [0.25, 0.3) is 0 Å². The molecule has 0 fully saturated rings. The molecular weight excluding hydrogens is 77.8 g/mol. The molecule has 0 saturated carbocycles. The van der Waals surface area contributed by atoms with Crippen LogP contribution in [0, 0.1) is 6.92 Å². The van der Waals surface area contributed by atoms with Crippen LogP contribution in [0.3, 0.4) is 0 Å². The fourth-order valence-electron chi connectivity index (χ4n) is 0.250. The van der Waals surface area contributed by atoms with Crippen LogP contribution in [0.5, 0.6) is 0 Å². The topological polar surface area (TPSA) is 0 Å². The molecular formula is C5H11BLi. The second kappa shape index (κ2) is 15.9. The van der Waals surface area contributed by atoms with Gasteiger partial charge in [-0.25, -0.2) is 0 Å². The van der Waals surface area contributed by atoms with Crippen LogP contribution in [-0.4, -0.2) is 8.41 Å². The van der Waals surface area contributed by atoms with E-state index >= 15 is 0 Å². The van der Waals surface area contributed by atoms with Gasteiger partial charge in [-0.15, -0.1) is 0 Å². The molecule has 0 aromatic heterocycles. The Bertz CT molecular complexity index is 15.6. The van der Waals surface area contributed by atoms with Gasteiger partial charge in [0, 0.05) is 8.41 Å². The van der Waals surface area contributed by atoms with Gasteiger partial charge in [-0.05, 0) is 0 Å².